The fourth-order valence-corrected chi connectivity index (χ4v) is 7.11. The number of aryl methyl sites for hydroxylation is 1. The highest BCUT2D eigenvalue weighted by atomic mass is 15.2. The predicted octanol–water partition coefficient (Wildman–Crippen LogP) is 8.73. The number of para-hydroxylation sites is 2. The van der Waals surface area contributed by atoms with Crippen LogP contribution in [0.5, 0.6) is 0 Å². The topological polar surface area (TPSA) is 48.0 Å². The van der Waals surface area contributed by atoms with Crippen molar-refractivity contribution in [1.29, 1.82) is 0 Å². The summed E-state index contributed by atoms with van der Waals surface area (Å²) in [5.41, 5.74) is 8.49. The van der Waals surface area contributed by atoms with Crippen LogP contribution in [-0.4, -0.2) is 23.9 Å². The van der Waals surface area contributed by atoms with Crippen LogP contribution in [0.15, 0.2) is 109 Å². The maximum absolute atomic E-state index is 5.05. The van der Waals surface area contributed by atoms with Gasteiger partial charge in [0.05, 0.1) is 38.8 Å². The quantitative estimate of drug-likeness (QED) is 0.216. The number of pyridine rings is 1. The van der Waals surface area contributed by atoms with Crippen molar-refractivity contribution in [3.8, 4) is 5.95 Å². The van der Waals surface area contributed by atoms with Gasteiger partial charge in [-0.1, -0.05) is 60.7 Å². The first-order valence-electron chi connectivity index (χ1n) is 13.9. The second kappa shape index (κ2) is 7.34. The van der Waals surface area contributed by atoms with E-state index in [9.17, 15) is 0 Å². The van der Waals surface area contributed by atoms with Crippen molar-refractivity contribution in [2.75, 3.05) is 0 Å². The van der Waals surface area contributed by atoms with Gasteiger partial charge in [-0.05, 0) is 60.2 Å². The lowest BCUT2D eigenvalue weighted by Gasteiger charge is -2.09. The molecule has 0 aliphatic heterocycles. The van der Waals surface area contributed by atoms with Crippen molar-refractivity contribution in [3.63, 3.8) is 0 Å². The van der Waals surface area contributed by atoms with Crippen molar-refractivity contribution in [2.24, 2.45) is 0 Å². The van der Waals surface area contributed by atoms with E-state index in [1.54, 1.807) is 6.20 Å². The molecule has 5 aromatic carbocycles. The maximum atomic E-state index is 5.05. The molecular formula is C36H21N5. The molecule has 0 unspecified atom stereocenters. The van der Waals surface area contributed by atoms with Gasteiger partial charge in [-0.3, -0.25) is 9.55 Å². The van der Waals surface area contributed by atoms with Crippen LogP contribution < -0.4 is 0 Å². The van der Waals surface area contributed by atoms with Crippen molar-refractivity contribution >= 4 is 81.7 Å². The van der Waals surface area contributed by atoms with Crippen LogP contribution in [0.3, 0.4) is 0 Å². The molecule has 190 valence electrons. The summed E-state index contributed by atoms with van der Waals surface area (Å²) in [6.45, 7) is 2.02. The summed E-state index contributed by atoms with van der Waals surface area (Å²) < 4.78 is 4.71. The number of hydrogen-bond donors (Lipinski definition) is 0. The summed E-state index contributed by atoms with van der Waals surface area (Å²) in [6.07, 6.45) is 1.80. The van der Waals surface area contributed by atoms with E-state index in [1.165, 1.54) is 59.6 Å². The molecule has 5 nitrogen and oxygen atoms in total. The standard InChI is InChI=1S/C36H21N5/c1-20-34-27(13-8-16-37-34)39-36(38-20)41-29-15-7-5-12-24(29)32-31(41)19-25-23-11-4-6-14-28(23)40-30-18-22-10-3-2-9-21(22)17-26(30)33(32)35(25)40/h2-19H,1H3. The van der Waals surface area contributed by atoms with Gasteiger partial charge in [-0.25, -0.2) is 9.97 Å². The van der Waals surface area contributed by atoms with E-state index in [1.807, 2.05) is 19.1 Å². The van der Waals surface area contributed by atoms with Gasteiger partial charge in [-0.2, -0.15) is 0 Å². The van der Waals surface area contributed by atoms with E-state index in [4.69, 9.17) is 9.97 Å². The molecule has 10 rings (SSSR count). The molecule has 0 atom stereocenters. The molecule has 0 aliphatic carbocycles. The minimum Gasteiger partial charge on any atom is -0.308 e. The fourth-order valence-electron chi connectivity index (χ4n) is 7.11. The number of rotatable bonds is 1. The Morgan fingerprint density at radius 1 is 0.561 bits per heavy atom. The second-order valence-electron chi connectivity index (χ2n) is 10.9. The first kappa shape index (κ1) is 21.3. The summed E-state index contributed by atoms with van der Waals surface area (Å²) in [5, 5.41) is 9.97. The number of benzene rings is 5. The average molecular weight is 524 g/mol. The van der Waals surface area contributed by atoms with Gasteiger partial charge in [0.1, 0.15) is 5.52 Å². The summed E-state index contributed by atoms with van der Waals surface area (Å²) in [6, 6.07) is 37.1. The van der Waals surface area contributed by atoms with Gasteiger partial charge in [0, 0.05) is 38.5 Å². The van der Waals surface area contributed by atoms with Crippen LogP contribution in [0.1, 0.15) is 5.69 Å². The van der Waals surface area contributed by atoms with Gasteiger partial charge >= 0.3 is 0 Å². The van der Waals surface area contributed by atoms with Crippen molar-refractivity contribution in [3.05, 3.63) is 115 Å². The van der Waals surface area contributed by atoms with E-state index in [0.29, 0.717) is 5.95 Å². The van der Waals surface area contributed by atoms with Crippen molar-refractivity contribution in [1.82, 2.24) is 23.9 Å². The second-order valence-corrected chi connectivity index (χ2v) is 10.9. The maximum Gasteiger partial charge on any atom is 0.235 e. The normalized spacial score (nSPS) is 12.5. The van der Waals surface area contributed by atoms with Gasteiger partial charge < -0.3 is 4.40 Å². The van der Waals surface area contributed by atoms with E-state index in [-0.39, 0.29) is 0 Å². The van der Waals surface area contributed by atoms with E-state index in [2.05, 4.69) is 105 Å². The number of fused-ring (bicyclic) bond motifs is 12. The molecule has 0 fully saturated rings. The Labute approximate surface area is 233 Å². The summed E-state index contributed by atoms with van der Waals surface area (Å²) in [4.78, 5) is 14.6. The zero-order valence-corrected chi connectivity index (χ0v) is 22.1. The first-order chi connectivity index (χ1) is 20.3. The van der Waals surface area contributed by atoms with Crippen molar-refractivity contribution < 1.29 is 0 Å². The smallest absolute Gasteiger partial charge is 0.235 e. The first-order valence-corrected chi connectivity index (χ1v) is 13.9. The highest BCUT2D eigenvalue weighted by molar-refractivity contribution is 6.36. The lowest BCUT2D eigenvalue weighted by molar-refractivity contribution is 0.984. The van der Waals surface area contributed by atoms with E-state index in [0.717, 1.165) is 27.8 Å². The van der Waals surface area contributed by atoms with Crippen LogP contribution >= 0.6 is 0 Å². The van der Waals surface area contributed by atoms with Crippen molar-refractivity contribution in [2.45, 2.75) is 6.92 Å². The summed E-state index contributed by atoms with van der Waals surface area (Å²) in [7, 11) is 0. The predicted molar refractivity (Wildman–Crippen MR) is 169 cm³/mol. The molecule has 0 aliphatic rings. The average Bonchev–Trinajstić information content (AvgIpc) is 3.64. The summed E-state index contributed by atoms with van der Waals surface area (Å²) >= 11 is 0. The lowest BCUT2D eigenvalue weighted by Crippen LogP contribution is -2.03. The van der Waals surface area contributed by atoms with Crippen LogP contribution in [0.25, 0.3) is 87.7 Å². The summed E-state index contributed by atoms with van der Waals surface area (Å²) in [5.74, 6) is 0.668. The number of hydrogen-bond acceptors (Lipinski definition) is 3. The van der Waals surface area contributed by atoms with Gasteiger partial charge in [0.2, 0.25) is 5.95 Å². The van der Waals surface area contributed by atoms with Gasteiger partial charge in [0.15, 0.2) is 0 Å². The molecule has 0 spiro atoms. The van der Waals surface area contributed by atoms with Gasteiger partial charge in [-0.15, -0.1) is 0 Å². The SMILES string of the molecule is Cc1nc(-n2c3ccccc3c3c4c5cc6ccccc6cc5n5c6ccccc6c(cc32)c45)nc2cccnc12. The molecule has 41 heavy (non-hydrogen) atoms. The largest absolute Gasteiger partial charge is 0.308 e. The van der Waals surface area contributed by atoms with E-state index < -0.39 is 0 Å². The molecule has 0 saturated carbocycles. The Hall–Kier alpha value is -5.55. The lowest BCUT2D eigenvalue weighted by atomic mass is 10.0. The zero-order valence-electron chi connectivity index (χ0n) is 22.1. The Kier molecular flexibility index (Phi) is 3.81. The fraction of sp³-hybridized carbons (Fsp3) is 0.0278. The number of nitrogens with zero attached hydrogens (tertiary/aromatic N) is 5. The van der Waals surface area contributed by atoms with Crippen LogP contribution in [0, 0.1) is 6.92 Å². The Balaban J connectivity index is 1.51. The highest BCUT2D eigenvalue weighted by Gasteiger charge is 2.25. The molecule has 0 bridgehead atoms. The molecule has 0 N–H and O–H groups in total. The molecular weight excluding hydrogens is 502 g/mol. The third-order valence-electron chi connectivity index (χ3n) is 8.78. The number of aromatic nitrogens is 5. The van der Waals surface area contributed by atoms with Crippen LogP contribution in [-0.2, 0) is 0 Å². The molecule has 5 heterocycles. The van der Waals surface area contributed by atoms with Gasteiger partial charge in [0.25, 0.3) is 0 Å². The van der Waals surface area contributed by atoms with Crippen LogP contribution in [0.2, 0.25) is 0 Å². The minimum atomic E-state index is 0.668. The zero-order chi connectivity index (χ0) is 26.8. The monoisotopic (exact) mass is 523 g/mol. The molecule has 5 heteroatoms. The highest BCUT2D eigenvalue weighted by Crippen LogP contribution is 2.47. The van der Waals surface area contributed by atoms with Crippen LogP contribution in [0.4, 0.5) is 0 Å². The molecule has 10 aromatic rings. The Morgan fingerprint density at radius 3 is 2.20 bits per heavy atom. The molecule has 0 amide bonds. The molecule has 0 radical (unpaired) electrons. The molecule has 5 aromatic heterocycles. The van der Waals surface area contributed by atoms with E-state index >= 15 is 0 Å². The Bertz CT molecular complexity index is 2710. The minimum absolute atomic E-state index is 0.668. The third-order valence-corrected chi connectivity index (χ3v) is 8.78. The third kappa shape index (κ3) is 2.59. The molecule has 0 saturated heterocycles. The Morgan fingerprint density at radius 2 is 1.32 bits per heavy atom.